The molecule has 0 aliphatic heterocycles. The summed E-state index contributed by atoms with van der Waals surface area (Å²) in [5, 5.41) is 11.1. The molecule has 0 radical (unpaired) electrons. The predicted molar refractivity (Wildman–Crippen MR) is 85.9 cm³/mol. The Labute approximate surface area is 129 Å². The van der Waals surface area contributed by atoms with Crippen LogP contribution in [0.3, 0.4) is 0 Å². The third kappa shape index (κ3) is 3.69. The predicted octanol–water partition coefficient (Wildman–Crippen LogP) is 3.58. The standard InChI is InChI=1S/C17H18N2O3/c1-2-17(20)18(15-9-4-3-5-10-15)13-12-14-8-6-7-11-16(14)19(21)22/h3-11H,2,12-13H2,1H3. The Balaban J connectivity index is 2.19. The molecular weight excluding hydrogens is 280 g/mol. The Bertz CT molecular complexity index is 656. The maximum atomic E-state index is 12.1. The fourth-order valence-corrected chi connectivity index (χ4v) is 2.33. The average Bonchev–Trinajstić information content (AvgIpc) is 2.56. The molecule has 0 saturated heterocycles. The van der Waals surface area contributed by atoms with E-state index in [0.29, 0.717) is 24.9 Å². The minimum atomic E-state index is -0.385. The number of hydrogen-bond donors (Lipinski definition) is 0. The van der Waals surface area contributed by atoms with Gasteiger partial charge >= 0.3 is 0 Å². The van der Waals surface area contributed by atoms with Gasteiger partial charge in [0.1, 0.15) is 0 Å². The highest BCUT2D eigenvalue weighted by Crippen LogP contribution is 2.20. The molecular formula is C17H18N2O3. The lowest BCUT2D eigenvalue weighted by molar-refractivity contribution is -0.385. The number of hydrogen-bond acceptors (Lipinski definition) is 3. The van der Waals surface area contributed by atoms with E-state index < -0.39 is 0 Å². The zero-order valence-corrected chi connectivity index (χ0v) is 12.4. The quantitative estimate of drug-likeness (QED) is 0.605. The number of amides is 1. The van der Waals surface area contributed by atoms with Crippen LogP contribution >= 0.6 is 0 Å². The second-order valence-electron chi connectivity index (χ2n) is 4.87. The number of nitro groups is 1. The van der Waals surface area contributed by atoms with E-state index in [1.165, 1.54) is 6.07 Å². The maximum Gasteiger partial charge on any atom is 0.272 e. The Hall–Kier alpha value is -2.69. The van der Waals surface area contributed by atoms with Gasteiger partial charge in [0.25, 0.3) is 5.69 Å². The van der Waals surface area contributed by atoms with E-state index in [9.17, 15) is 14.9 Å². The van der Waals surface area contributed by atoms with Crippen LogP contribution < -0.4 is 4.90 Å². The van der Waals surface area contributed by atoms with Crippen LogP contribution in [0.1, 0.15) is 18.9 Å². The fraction of sp³-hybridized carbons (Fsp3) is 0.235. The molecule has 22 heavy (non-hydrogen) atoms. The summed E-state index contributed by atoms with van der Waals surface area (Å²) in [6, 6.07) is 16.0. The highest BCUT2D eigenvalue weighted by Gasteiger charge is 2.17. The number of rotatable bonds is 6. The smallest absolute Gasteiger partial charge is 0.272 e. The third-order valence-corrected chi connectivity index (χ3v) is 3.46. The molecule has 1 amide bonds. The summed E-state index contributed by atoms with van der Waals surface area (Å²) < 4.78 is 0. The minimum Gasteiger partial charge on any atom is -0.312 e. The summed E-state index contributed by atoms with van der Waals surface area (Å²) in [6.45, 7) is 2.23. The van der Waals surface area contributed by atoms with Gasteiger partial charge in [0.2, 0.25) is 5.91 Å². The lowest BCUT2D eigenvalue weighted by atomic mass is 10.1. The monoisotopic (exact) mass is 298 g/mol. The Kier molecular flexibility index (Phi) is 5.25. The summed E-state index contributed by atoms with van der Waals surface area (Å²) in [4.78, 5) is 24.5. The molecule has 2 aromatic carbocycles. The molecule has 2 aromatic rings. The second-order valence-corrected chi connectivity index (χ2v) is 4.87. The van der Waals surface area contributed by atoms with Gasteiger partial charge in [-0.1, -0.05) is 43.3 Å². The fourth-order valence-electron chi connectivity index (χ4n) is 2.33. The molecule has 0 heterocycles. The first-order valence-corrected chi connectivity index (χ1v) is 7.21. The molecule has 0 fully saturated rings. The number of nitrogens with zero attached hydrogens (tertiary/aromatic N) is 2. The first kappa shape index (κ1) is 15.7. The van der Waals surface area contributed by atoms with Gasteiger partial charge in [-0.2, -0.15) is 0 Å². The van der Waals surface area contributed by atoms with Gasteiger partial charge in [0, 0.05) is 30.3 Å². The molecule has 2 rings (SSSR count). The molecule has 0 saturated carbocycles. The number of benzene rings is 2. The molecule has 0 unspecified atom stereocenters. The van der Waals surface area contributed by atoms with Crippen molar-refractivity contribution in [1.29, 1.82) is 0 Å². The van der Waals surface area contributed by atoms with Crippen LogP contribution in [-0.4, -0.2) is 17.4 Å². The van der Waals surface area contributed by atoms with Crippen molar-refractivity contribution in [1.82, 2.24) is 0 Å². The van der Waals surface area contributed by atoms with Crippen LogP contribution in [0.2, 0.25) is 0 Å². The summed E-state index contributed by atoms with van der Waals surface area (Å²) in [5.41, 5.74) is 1.55. The van der Waals surface area contributed by atoms with E-state index in [0.717, 1.165) is 5.69 Å². The van der Waals surface area contributed by atoms with Crippen molar-refractivity contribution in [2.45, 2.75) is 19.8 Å². The molecule has 0 atom stereocenters. The largest absolute Gasteiger partial charge is 0.312 e. The van der Waals surface area contributed by atoms with Gasteiger partial charge in [-0.25, -0.2) is 0 Å². The van der Waals surface area contributed by atoms with Crippen molar-refractivity contribution in [3.05, 3.63) is 70.3 Å². The van der Waals surface area contributed by atoms with Crippen molar-refractivity contribution in [2.24, 2.45) is 0 Å². The zero-order chi connectivity index (χ0) is 15.9. The molecule has 0 aliphatic carbocycles. The van der Waals surface area contributed by atoms with Crippen LogP contribution in [0, 0.1) is 10.1 Å². The summed E-state index contributed by atoms with van der Waals surface area (Å²) in [7, 11) is 0. The third-order valence-electron chi connectivity index (χ3n) is 3.46. The van der Waals surface area contributed by atoms with E-state index in [-0.39, 0.29) is 16.5 Å². The second kappa shape index (κ2) is 7.36. The first-order valence-electron chi connectivity index (χ1n) is 7.21. The lowest BCUT2D eigenvalue weighted by Gasteiger charge is -2.22. The average molecular weight is 298 g/mol. The molecule has 0 bridgehead atoms. The normalized spacial score (nSPS) is 10.2. The first-order chi connectivity index (χ1) is 10.6. The van der Waals surface area contributed by atoms with Crippen LogP contribution in [0.4, 0.5) is 11.4 Å². The summed E-state index contributed by atoms with van der Waals surface area (Å²) >= 11 is 0. The van der Waals surface area contributed by atoms with E-state index in [4.69, 9.17) is 0 Å². The Morgan fingerprint density at radius 3 is 2.36 bits per heavy atom. The number of carbonyl (C=O) groups is 1. The molecule has 5 heteroatoms. The highest BCUT2D eigenvalue weighted by atomic mass is 16.6. The van der Waals surface area contributed by atoms with Crippen molar-refractivity contribution in [3.63, 3.8) is 0 Å². The molecule has 5 nitrogen and oxygen atoms in total. The van der Waals surface area contributed by atoms with Gasteiger partial charge in [-0.05, 0) is 18.6 Å². The number of anilines is 1. The van der Waals surface area contributed by atoms with Crippen molar-refractivity contribution < 1.29 is 9.72 Å². The number of carbonyl (C=O) groups excluding carboxylic acids is 1. The van der Waals surface area contributed by atoms with E-state index in [2.05, 4.69) is 0 Å². The van der Waals surface area contributed by atoms with Crippen molar-refractivity contribution in [2.75, 3.05) is 11.4 Å². The number of para-hydroxylation sites is 2. The van der Waals surface area contributed by atoms with Crippen LogP contribution in [-0.2, 0) is 11.2 Å². The molecule has 0 aliphatic rings. The molecule has 0 N–H and O–H groups in total. The summed E-state index contributed by atoms with van der Waals surface area (Å²) in [6.07, 6.45) is 0.837. The molecule has 0 aromatic heterocycles. The van der Waals surface area contributed by atoms with Crippen LogP contribution in [0.25, 0.3) is 0 Å². The molecule has 114 valence electrons. The number of nitro benzene ring substituents is 1. The van der Waals surface area contributed by atoms with Crippen molar-refractivity contribution >= 4 is 17.3 Å². The minimum absolute atomic E-state index is 0.00443. The van der Waals surface area contributed by atoms with Gasteiger partial charge in [0.05, 0.1) is 4.92 Å². The zero-order valence-electron chi connectivity index (χ0n) is 12.4. The highest BCUT2D eigenvalue weighted by molar-refractivity contribution is 5.93. The lowest BCUT2D eigenvalue weighted by Crippen LogP contribution is -2.32. The van der Waals surface area contributed by atoms with E-state index in [1.54, 1.807) is 23.1 Å². The van der Waals surface area contributed by atoms with Crippen molar-refractivity contribution in [3.8, 4) is 0 Å². The van der Waals surface area contributed by atoms with Crippen LogP contribution in [0.15, 0.2) is 54.6 Å². The summed E-state index contributed by atoms with van der Waals surface area (Å²) in [5.74, 6) is 0.00443. The van der Waals surface area contributed by atoms with E-state index in [1.807, 2.05) is 37.3 Å². The maximum absolute atomic E-state index is 12.1. The van der Waals surface area contributed by atoms with Gasteiger partial charge in [0.15, 0.2) is 0 Å². The van der Waals surface area contributed by atoms with E-state index >= 15 is 0 Å². The van der Waals surface area contributed by atoms with Gasteiger partial charge < -0.3 is 4.90 Å². The molecule has 0 spiro atoms. The Morgan fingerprint density at radius 2 is 1.73 bits per heavy atom. The van der Waals surface area contributed by atoms with Crippen LogP contribution in [0.5, 0.6) is 0 Å². The Morgan fingerprint density at radius 1 is 1.09 bits per heavy atom. The topological polar surface area (TPSA) is 63.5 Å². The SMILES string of the molecule is CCC(=O)N(CCc1ccccc1[N+](=O)[O-])c1ccccc1. The van der Waals surface area contributed by atoms with Gasteiger partial charge in [-0.3, -0.25) is 14.9 Å². The van der Waals surface area contributed by atoms with Gasteiger partial charge in [-0.15, -0.1) is 0 Å².